The summed E-state index contributed by atoms with van der Waals surface area (Å²) in [7, 11) is -10.7. The summed E-state index contributed by atoms with van der Waals surface area (Å²) in [4.78, 5) is 59.6. The van der Waals surface area contributed by atoms with Crippen LogP contribution in [0.25, 0.3) is 0 Å². The van der Waals surface area contributed by atoms with Gasteiger partial charge in [0.1, 0.15) is 6.04 Å². The van der Waals surface area contributed by atoms with Gasteiger partial charge >= 0.3 is 21.2 Å². The summed E-state index contributed by atoms with van der Waals surface area (Å²) < 4.78 is 22.7. The number of thioether (sulfide) groups is 1. The summed E-state index contributed by atoms with van der Waals surface area (Å²) in [6, 6.07) is -2.08. The first kappa shape index (κ1) is 25.5. The molecule has 0 spiro atoms. The molecule has 0 saturated carbocycles. The highest BCUT2D eigenvalue weighted by Crippen LogP contribution is 2.67. The van der Waals surface area contributed by atoms with Crippen LogP contribution < -0.4 is 16.4 Å². The SMILES string of the molecule is CSCC[C@H](NC(=O)[C@H](C)NCCC(N)(P(=O)(O)O)P(=O)(O)O)C(=O)O. The molecule has 0 fully saturated rings. The molecule has 9 N–H and O–H groups in total. The number of hydrogen-bond donors (Lipinski definition) is 8. The number of hydrogen-bond acceptors (Lipinski definition) is 7. The molecular weight excluding hydrogens is 412 g/mol. The van der Waals surface area contributed by atoms with Crippen LogP contribution in [0.1, 0.15) is 19.8 Å². The molecule has 0 aliphatic heterocycles. The molecule has 26 heavy (non-hydrogen) atoms. The van der Waals surface area contributed by atoms with Gasteiger partial charge in [-0.1, -0.05) is 0 Å². The van der Waals surface area contributed by atoms with E-state index in [0.717, 1.165) is 0 Å². The van der Waals surface area contributed by atoms with Crippen LogP contribution in [0.15, 0.2) is 0 Å². The number of carboxylic acid groups (broad SMARTS) is 1. The number of carboxylic acids is 1. The Hall–Kier alpha value is -0.490. The fourth-order valence-corrected chi connectivity index (χ4v) is 4.45. The van der Waals surface area contributed by atoms with Crippen molar-refractivity contribution < 1.29 is 43.4 Å². The zero-order valence-electron chi connectivity index (χ0n) is 14.2. The van der Waals surface area contributed by atoms with E-state index >= 15 is 0 Å². The van der Waals surface area contributed by atoms with Gasteiger partial charge in [-0.2, -0.15) is 11.8 Å². The monoisotopic (exact) mass is 437 g/mol. The molecule has 0 aromatic carbocycles. The lowest BCUT2D eigenvalue weighted by molar-refractivity contribution is -0.142. The number of rotatable bonds is 12. The van der Waals surface area contributed by atoms with Crippen molar-refractivity contribution in [1.82, 2.24) is 10.6 Å². The number of aliphatic carboxylic acids is 1. The average Bonchev–Trinajstić information content (AvgIpc) is 2.48. The molecule has 0 unspecified atom stereocenters. The molecule has 154 valence electrons. The van der Waals surface area contributed by atoms with Gasteiger partial charge in [-0.15, -0.1) is 0 Å². The summed E-state index contributed by atoms with van der Waals surface area (Å²) in [5.41, 5.74) is 5.24. The Morgan fingerprint density at radius 1 is 1.19 bits per heavy atom. The Morgan fingerprint density at radius 3 is 2.08 bits per heavy atom. The molecule has 0 saturated heterocycles. The van der Waals surface area contributed by atoms with E-state index in [1.165, 1.54) is 18.7 Å². The predicted molar refractivity (Wildman–Crippen MR) is 95.7 cm³/mol. The number of carbonyl (C=O) groups is 2. The Kier molecular flexibility index (Phi) is 9.97. The van der Waals surface area contributed by atoms with Crippen molar-refractivity contribution in [1.29, 1.82) is 0 Å². The van der Waals surface area contributed by atoms with E-state index in [1.54, 1.807) is 6.26 Å². The van der Waals surface area contributed by atoms with E-state index in [-0.39, 0.29) is 6.42 Å². The number of amides is 1. The lowest BCUT2D eigenvalue weighted by atomic mass is 10.2. The van der Waals surface area contributed by atoms with Gasteiger partial charge in [0.25, 0.3) is 0 Å². The van der Waals surface area contributed by atoms with E-state index in [9.17, 15) is 18.7 Å². The van der Waals surface area contributed by atoms with Gasteiger partial charge in [0, 0.05) is 6.42 Å². The lowest BCUT2D eigenvalue weighted by Crippen LogP contribution is -2.50. The molecule has 0 aliphatic rings. The minimum Gasteiger partial charge on any atom is -0.480 e. The first-order valence-corrected chi connectivity index (χ1v) is 11.9. The number of carbonyl (C=O) groups excluding carboxylic acids is 1. The number of nitrogens with two attached hydrogens (primary N) is 1. The molecule has 0 aliphatic carbocycles. The number of nitrogens with one attached hydrogen (secondary N) is 2. The van der Waals surface area contributed by atoms with E-state index in [4.69, 9.17) is 30.4 Å². The Bertz CT molecular complexity index is 571. The van der Waals surface area contributed by atoms with Crippen molar-refractivity contribution in [3.8, 4) is 0 Å². The van der Waals surface area contributed by atoms with Crippen molar-refractivity contribution in [2.24, 2.45) is 5.73 Å². The summed E-state index contributed by atoms with van der Waals surface area (Å²) in [6.45, 7) is 0.958. The van der Waals surface area contributed by atoms with Gasteiger partial charge in [0.15, 0.2) is 0 Å². The van der Waals surface area contributed by atoms with Gasteiger partial charge in [0.05, 0.1) is 6.04 Å². The highest BCUT2D eigenvalue weighted by atomic mass is 32.2. The van der Waals surface area contributed by atoms with Gasteiger partial charge in [-0.25, -0.2) is 4.79 Å². The van der Waals surface area contributed by atoms with E-state index in [1.807, 2.05) is 0 Å². The molecule has 0 aromatic heterocycles. The maximum Gasteiger partial charge on any atom is 0.357 e. The minimum absolute atomic E-state index is 0.206. The molecule has 2 atom stereocenters. The Balaban J connectivity index is 4.80. The zero-order valence-corrected chi connectivity index (χ0v) is 16.8. The first-order valence-electron chi connectivity index (χ1n) is 7.33. The van der Waals surface area contributed by atoms with Gasteiger partial charge in [0.2, 0.25) is 10.9 Å². The third-order valence-electron chi connectivity index (χ3n) is 3.57. The second-order valence-electron chi connectivity index (χ2n) is 5.57. The van der Waals surface area contributed by atoms with Crippen LogP contribution in [0.4, 0.5) is 0 Å². The Morgan fingerprint density at radius 2 is 1.69 bits per heavy atom. The van der Waals surface area contributed by atoms with Crippen LogP contribution >= 0.6 is 27.0 Å². The van der Waals surface area contributed by atoms with Crippen molar-refractivity contribution in [2.45, 2.75) is 36.9 Å². The average molecular weight is 437 g/mol. The quantitative estimate of drug-likeness (QED) is 0.166. The summed E-state index contributed by atoms with van der Waals surface area (Å²) in [6.07, 6.45) is 1.18. The molecule has 0 radical (unpaired) electrons. The van der Waals surface area contributed by atoms with Crippen LogP contribution in [0.2, 0.25) is 0 Å². The third kappa shape index (κ3) is 7.26. The van der Waals surface area contributed by atoms with Crippen LogP contribution in [0.3, 0.4) is 0 Å². The highest BCUT2D eigenvalue weighted by molar-refractivity contribution is 7.98. The molecule has 0 rings (SSSR count). The second-order valence-corrected chi connectivity index (χ2v) is 10.7. The van der Waals surface area contributed by atoms with Crippen LogP contribution in [-0.4, -0.2) is 72.2 Å². The predicted octanol–water partition coefficient (Wildman–Crippen LogP) is -1.35. The molecule has 0 heterocycles. The fourth-order valence-electron chi connectivity index (χ4n) is 1.82. The fraction of sp³-hybridized carbons (Fsp3) is 0.818. The van der Waals surface area contributed by atoms with Gasteiger partial charge < -0.3 is 41.0 Å². The topological polar surface area (TPSA) is 220 Å². The van der Waals surface area contributed by atoms with Crippen molar-refractivity contribution in [3.05, 3.63) is 0 Å². The largest absolute Gasteiger partial charge is 0.480 e. The van der Waals surface area contributed by atoms with Crippen molar-refractivity contribution in [3.63, 3.8) is 0 Å². The van der Waals surface area contributed by atoms with E-state index < -0.39 is 57.1 Å². The third-order valence-corrected chi connectivity index (χ3v) is 8.24. The minimum atomic E-state index is -5.35. The molecular formula is C11H25N3O9P2S. The van der Waals surface area contributed by atoms with Crippen LogP contribution in [0.5, 0.6) is 0 Å². The summed E-state index contributed by atoms with van der Waals surface area (Å²) in [5.74, 6) is -1.38. The van der Waals surface area contributed by atoms with Crippen LogP contribution in [0, 0.1) is 0 Å². The highest BCUT2D eigenvalue weighted by Gasteiger charge is 2.56. The standard InChI is InChI=1S/C11H25N3O9P2S/c1-7(9(15)14-8(10(16)17)3-6-26-2)13-5-4-11(12,24(18,19)20)25(21,22)23/h7-8,13H,3-6,12H2,1-2H3,(H,14,15)(H,16,17)(H2,18,19,20)(H2,21,22,23)/t7-,8-/m0/s1. The van der Waals surface area contributed by atoms with E-state index in [2.05, 4.69) is 10.6 Å². The molecule has 0 aromatic rings. The normalized spacial score (nSPS) is 15.3. The second kappa shape index (κ2) is 10.2. The smallest absolute Gasteiger partial charge is 0.357 e. The molecule has 0 bridgehead atoms. The van der Waals surface area contributed by atoms with Crippen LogP contribution in [-0.2, 0) is 18.7 Å². The van der Waals surface area contributed by atoms with Crippen molar-refractivity contribution >= 4 is 38.8 Å². The maximum atomic E-state index is 12.0. The Labute approximate surface area is 154 Å². The maximum absolute atomic E-state index is 12.0. The zero-order chi connectivity index (χ0) is 20.8. The first-order chi connectivity index (χ1) is 11.7. The molecule has 12 nitrogen and oxygen atoms in total. The molecule has 15 heteroatoms. The van der Waals surface area contributed by atoms with Gasteiger partial charge in [-0.3, -0.25) is 13.9 Å². The van der Waals surface area contributed by atoms with Gasteiger partial charge in [-0.05, 0) is 31.9 Å². The van der Waals surface area contributed by atoms with E-state index in [0.29, 0.717) is 5.75 Å². The molecule has 1 amide bonds. The lowest BCUT2D eigenvalue weighted by Gasteiger charge is -2.31. The summed E-state index contributed by atoms with van der Waals surface area (Å²) >= 11 is 1.41. The summed E-state index contributed by atoms with van der Waals surface area (Å²) in [5, 5.41) is 10.8. The van der Waals surface area contributed by atoms with Crippen molar-refractivity contribution in [2.75, 3.05) is 18.6 Å².